The van der Waals surface area contributed by atoms with Crippen molar-refractivity contribution in [2.75, 3.05) is 11.5 Å². The summed E-state index contributed by atoms with van der Waals surface area (Å²) in [4.78, 5) is 0. The van der Waals surface area contributed by atoms with Crippen LogP contribution < -0.4 is 11.3 Å². The Kier molecular flexibility index (Phi) is 4.93. The molecule has 4 heteroatoms. The van der Waals surface area contributed by atoms with Gasteiger partial charge >= 0.3 is 0 Å². The van der Waals surface area contributed by atoms with Crippen LogP contribution >= 0.6 is 11.8 Å². The zero-order valence-corrected chi connectivity index (χ0v) is 8.98. The average Bonchev–Trinajstić information content (AvgIpc) is 2.19. The summed E-state index contributed by atoms with van der Waals surface area (Å²) in [6, 6.07) is 6.55. The first-order valence-electron chi connectivity index (χ1n) is 4.57. The molecule has 1 rings (SSSR count). The van der Waals surface area contributed by atoms with Crippen LogP contribution in [0.25, 0.3) is 0 Å². The standard InChI is InChI=1S/C10H15FN2S/c1-2-14-7-10(13-12)8-4-3-5-9(11)6-8/h3-6,10,13H,2,7,12H2,1H3. The van der Waals surface area contributed by atoms with E-state index in [2.05, 4.69) is 12.3 Å². The Morgan fingerprint density at radius 3 is 2.93 bits per heavy atom. The summed E-state index contributed by atoms with van der Waals surface area (Å²) in [6.45, 7) is 2.09. The van der Waals surface area contributed by atoms with Crippen molar-refractivity contribution in [1.82, 2.24) is 5.43 Å². The highest BCUT2D eigenvalue weighted by Crippen LogP contribution is 2.18. The minimum absolute atomic E-state index is 0.0237. The number of hydrazine groups is 1. The molecule has 0 aliphatic rings. The normalized spacial score (nSPS) is 12.8. The van der Waals surface area contributed by atoms with E-state index in [0.717, 1.165) is 17.1 Å². The number of nitrogens with one attached hydrogen (secondary N) is 1. The molecule has 1 unspecified atom stereocenters. The summed E-state index contributed by atoms with van der Waals surface area (Å²) < 4.78 is 12.9. The molecule has 0 spiro atoms. The maximum atomic E-state index is 12.9. The Labute approximate surface area is 88.0 Å². The number of hydrogen-bond donors (Lipinski definition) is 2. The Hall–Kier alpha value is -0.580. The fourth-order valence-corrected chi connectivity index (χ4v) is 1.96. The van der Waals surface area contributed by atoms with Gasteiger partial charge in [0, 0.05) is 5.75 Å². The lowest BCUT2D eigenvalue weighted by atomic mass is 10.1. The highest BCUT2D eigenvalue weighted by molar-refractivity contribution is 7.99. The second-order valence-electron chi connectivity index (χ2n) is 2.93. The van der Waals surface area contributed by atoms with Crippen molar-refractivity contribution < 1.29 is 4.39 Å². The fraction of sp³-hybridized carbons (Fsp3) is 0.400. The summed E-state index contributed by atoms with van der Waals surface area (Å²) in [5.74, 6) is 7.08. The van der Waals surface area contributed by atoms with E-state index in [9.17, 15) is 4.39 Å². The largest absolute Gasteiger partial charge is 0.271 e. The van der Waals surface area contributed by atoms with Crippen molar-refractivity contribution >= 4 is 11.8 Å². The third-order valence-corrected chi connectivity index (χ3v) is 2.92. The highest BCUT2D eigenvalue weighted by atomic mass is 32.2. The number of hydrogen-bond acceptors (Lipinski definition) is 3. The molecule has 3 N–H and O–H groups in total. The molecular formula is C10H15FN2S. The van der Waals surface area contributed by atoms with Gasteiger partial charge in [-0.1, -0.05) is 19.1 Å². The van der Waals surface area contributed by atoms with Crippen molar-refractivity contribution in [2.24, 2.45) is 5.84 Å². The first-order chi connectivity index (χ1) is 6.77. The summed E-state index contributed by atoms with van der Waals surface area (Å²) in [5, 5.41) is 0. The van der Waals surface area contributed by atoms with Gasteiger partial charge in [0.15, 0.2) is 0 Å². The lowest BCUT2D eigenvalue weighted by Crippen LogP contribution is -2.29. The molecule has 1 aromatic carbocycles. The maximum absolute atomic E-state index is 12.9. The third kappa shape index (κ3) is 3.29. The Balaban J connectivity index is 2.68. The van der Waals surface area contributed by atoms with Crippen molar-refractivity contribution in [2.45, 2.75) is 13.0 Å². The second kappa shape index (κ2) is 6.01. The molecule has 1 aromatic rings. The summed E-state index contributed by atoms with van der Waals surface area (Å²) in [6.07, 6.45) is 0. The van der Waals surface area contributed by atoms with Gasteiger partial charge in [-0.3, -0.25) is 11.3 Å². The lowest BCUT2D eigenvalue weighted by molar-refractivity contribution is 0.591. The number of rotatable bonds is 5. The van der Waals surface area contributed by atoms with E-state index in [1.807, 2.05) is 6.07 Å². The third-order valence-electron chi connectivity index (χ3n) is 1.94. The summed E-state index contributed by atoms with van der Waals surface area (Å²) >= 11 is 1.78. The molecule has 2 nitrogen and oxygen atoms in total. The van der Waals surface area contributed by atoms with Crippen LogP contribution in [0.1, 0.15) is 18.5 Å². The van der Waals surface area contributed by atoms with Gasteiger partial charge in [0.25, 0.3) is 0 Å². The van der Waals surface area contributed by atoms with E-state index >= 15 is 0 Å². The van der Waals surface area contributed by atoms with Crippen LogP contribution in [0.2, 0.25) is 0 Å². The Morgan fingerprint density at radius 1 is 1.57 bits per heavy atom. The van der Waals surface area contributed by atoms with Crippen LogP contribution in [0.3, 0.4) is 0 Å². The van der Waals surface area contributed by atoms with Gasteiger partial charge in [-0.15, -0.1) is 0 Å². The molecule has 14 heavy (non-hydrogen) atoms. The molecule has 0 radical (unpaired) electrons. The average molecular weight is 214 g/mol. The quantitative estimate of drug-likeness (QED) is 0.582. The van der Waals surface area contributed by atoms with Crippen molar-refractivity contribution in [1.29, 1.82) is 0 Å². The summed E-state index contributed by atoms with van der Waals surface area (Å²) in [5.41, 5.74) is 3.59. The topological polar surface area (TPSA) is 38.0 Å². The van der Waals surface area contributed by atoms with E-state index < -0.39 is 0 Å². The molecule has 0 fully saturated rings. The maximum Gasteiger partial charge on any atom is 0.123 e. The summed E-state index contributed by atoms with van der Waals surface area (Å²) in [7, 11) is 0. The zero-order valence-electron chi connectivity index (χ0n) is 8.16. The first-order valence-corrected chi connectivity index (χ1v) is 5.72. The highest BCUT2D eigenvalue weighted by Gasteiger charge is 2.09. The van der Waals surface area contributed by atoms with Crippen LogP contribution in [0, 0.1) is 5.82 Å². The molecule has 0 saturated heterocycles. The lowest BCUT2D eigenvalue weighted by Gasteiger charge is -2.15. The minimum Gasteiger partial charge on any atom is -0.271 e. The van der Waals surface area contributed by atoms with E-state index in [1.54, 1.807) is 17.8 Å². The van der Waals surface area contributed by atoms with E-state index in [4.69, 9.17) is 5.84 Å². The molecule has 0 aromatic heterocycles. The van der Waals surface area contributed by atoms with Crippen molar-refractivity contribution in [3.8, 4) is 0 Å². The zero-order chi connectivity index (χ0) is 10.4. The molecule has 0 bridgehead atoms. The molecular weight excluding hydrogens is 199 g/mol. The van der Waals surface area contributed by atoms with Crippen molar-refractivity contribution in [3.63, 3.8) is 0 Å². The monoisotopic (exact) mass is 214 g/mol. The SMILES string of the molecule is CCSCC(NN)c1cccc(F)c1. The fourth-order valence-electron chi connectivity index (χ4n) is 1.20. The van der Waals surface area contributed by atoms with Gasteiger partial charge in [-0.2, -0.15) is 11.8 Å². The number of thioether (sulfide) groups is 1. The smallest absolute Gasteiger partial charge is 0.123 e. The Bertz CT molecular complexity index is 281. The van der Waals surface area contributed by atoms with Crippen LogP contribution in [-0.4, -0.2) is 11.5 Å². The first kappa shape index (κ1) is 11.5. The van der Waals surface area contributed by atoms with Gasteiger partial charge in [0.1, 0.15) is 5.82 Å². The molecule has 0 saturated carbocycles. The van der Waals surface area contributed by atoms with Gasteiger partial charge in [0.05, 0.1) is 6.04 Å². The van der Waals surface area contributed by atoms with Crippen LogP contribution in [0.4, 0.5) is 4.39 Å². The molecule has 0 aliphatic heterocycles. The van der Waals surface area contributed by atoms with Gasteiger partial charge in [0.2, 0.25) is 0 Å². The molecule has 0 amide bonds. The van der Waals surface area contributed by atoms with E-state index in [0.29, 0.717) is 0 Å². The van der Waals surface area contributed by atoms with Gasteiger partial charge in [-0.25, -0.2) is 4.39 Å². The minimum atomic E-state index is -0.218. The van der Waals surface area contributed by atoms with Gasteiger partial charge < -0.3 is 0 Å². The van der Waals surface area contributed by atoms with Crippen LogP contribution in [-0.2, 0) is 0 Å². The van der Waals surface area contributed by atoms with E-state index in [-0.39, 0.29) is 11.9 Å². The predicted octanol–water partition coefficient (Wildman–Crippen LogP) is 2.08. The van der Waals surface area contributed by atoms with Crippen LogP contribution in [0.5, 0.6) is 0 Å². The molecule has 0 heterocycles. The number of halogens is 1. The van der Waals surface area contributed by atoms with Gasteiger partial charge in [-0.05, 0) is 23.4 Å². The molecule has 78 valence electrons. The second-order valence-corrected chi connectivity index (χ2v) is 4.25. The van der Waals surface area contributed by atoms with E-state index in [1.165, 1.54) is 12.1 Å². The number of nitrogens with two attached hydrogens (primary N) is 1. The van der Waals surface area contributed by atoms with Crippen molar-refractivity contribution in [3.05, 3.63) is 35.6 Å². The molecule has 0 aliphatic carbocycles. The van der Waals surface area contributed by atoms with Crippen LogP contribution in [0.15, 0.2) is 24.3 Å². The molecule has 1 atom stereocenters. The predicted molar refractivity (Wildman–Crippen MR) is 59.5 cm³/mol. The Morgan fingerprint density at radius 2 is 2.36 bits per heavy atom. The number of benzene rings is 1.